The van der Waals surface area contributed by atoms with Crippen molar-refractivity contribution in [2.45, 2.75) is 26.9 Å². The smallest absolute Gasteiger partial charge is 0.260 e. The molecule has 1 unspecified atom stereocenters. The van der Waals surface area contributed by atoms with Gasteiger partial charge in [0.1, 0.15) is 5.75 Å². The average molecular weight is 343 g/mol. The van der Waals surface area contributed by atoms with Gasteiger partial charge in [0.05, 0.1) is 5.41 Å². The van der Waals surface area contributed by atoms with Crippen molar-refractivity contribution in [3.63, 3.8) is 0 Å². The molecule has 6 heteroatoms. The van der Waals surface area contributed by atoms with E-state index < -0.39 is 17.4 Å². The molecule has 5 nitrogen and oxygen atoms in total. The van der Waals surface area contributed by atoms with Gasteiger partial charge in [-0.3, -0.25) is 9.59 Å². The highest BCUT2D eigenvalue weighted by atomic mass is 79.9. The van der Waals surface area contributed by atoms with Gasteiger partial charge in [-0.1, -0.05) is 22.0 Å². The summed E-state index contributed by atoms with van der Waals surface area (Å²) >= 11 is 3.33. The van der Waals surface area contributed by atoms with E-state index in [0.717, 1.165) is 4.47 Å². The zero-order valence-electron chi connectivity index (χ0n) is 11.8. The van der Waals surface area contributed by atoms with Crippen LogP contribution in [0.5, 0.6) is 5.75 Å². The van der Waals surface area contributed by atoms with Crippen molar-refractivity contribution in [2.24, 2.45) is 11.1 Å². The first kappa shape index (κ1) is 16.5. The number of hydrogen-bond donors (Lipinski definition) is 2. The Bertz CT molecular complexity index is 503. The lowest BCUT2D eigenvalue weighted by Crippen LogP contribution is -2.45. The highest BCUT2D eigenvalue weighted by molar-refractivity contribution is 9.10. The molecule has 0 aliphatic rings. The van der Waals surface area contributed by atoms with Gasteiger partial charge in [0.2, 0.25) is 5.91 Å². The van der Waals surface area contributed by atoms with E-state index >= 15 is 0 Å². The summed E-state index contributed by atoms with van der Waals surface area (Å²) in [6.07, 6.45) is -0.659. The lowest BCUT2D eigenvalue weighted by Gasteiger charge is -2.22. The number of nitrogens with two attached hydrogens (primary N) is 1. The standard InChI is InChI=1S/C14H19BrN2O3/c1-9(20-11-6-4-5-10(15)7-11)12(18)17-8-14(2,3)13(16)19/h4-7,9H,8H2,1-3H3,(H2,16,19)(H,17,18). The first-order chi connectivity index (χ1) is 9.22. The van der Waals surface area contributed by atoms with Crippen molar-refractivity contribution in [3.8, 4) is 5.75 Å². The van der Waals surface area contributed by atoms with E-state index in [4.69, 9.17) is 10.5 Å². The normalized spacial score (nSPS) is 12.6. The van der Waals surface area contributed by atoms with E-state index in [2.05, 4.69) is 21.2 Å². The van der Waals surface area contributed by atoms with Gasteiger partial charge in [-0.2, -0.15) is 0 Å². The molecule has 2 amide bonds. The third-order valence-corrected chi connectivity index (χ3v) is 3.34. The summed E-state index contributed by atoms with van der Waals surface area (Å²) in [5, 5.41) is 2.66. The molecule has 0 radical (unpaired) electrons. The summed E-state index contributed by atoms with van der Waals surface area (Å²) in [7, 11) is 0. The summed E-state index contributed by atoms with van der Waals surface area (Å²) in [4.78, 5) is 23.1. The predicted molar refractivity (Wildman–Crippen MR) is 80.2 cm³/mol. The summed E-state index contributed by atoms with van der Waals surface area (Å²) in [5.41, 5.74) is 4.46. The predicted octanol–water partition coefficient (Wildman–Crippen LogP) is 1.84. The van der Waals surface area contributed by atoms with Crippen LogP contribution in [0.3, 0.4) is 0 Å². The molecule has 0 heterocycles. The lowest BCUT2D eigenvalue weighted by molar-refractivity contribution is -0.129. The van der Waals surface area contributed by atoms with E-state index in [1.807, 2.05) is 12.1 Å². The second-order valence-corrected chi connectivity index (χ2v) is 6.10. The summed E-state index contributed by atoms with van der Waals surface area (Å²) < 4.78 is 6.40. The first-order valence-corrected chi connectivity index (χ1v) is 7.01. The number of benzene rings is 1. The van der Waals surface area contributed by atoms with E-state index in [0.29, 0.717) is 5.75 Å². The number of halogens is 1. The van der Waals surface area contributed by atoms with Gasteiger partial charge < -0.3 is 15.8 Å². The molecule has 0 saturated carbocycles. The van der Waals surface area contributed by atoms with Gasteiger partial charge in [0, 0.05) is 11.0 Å². The Morgan fingerprint density at radius 3 is 2.65 bits per heavy atom. The van der Waals surface area contributed by atoms with Crippen LogP contribution in [0.2, 0.25) is 0 Å². The highest BCUT2D eigenvalue weighted by Gasteiger charge is 2.26. The van der Waals surface area contributed by atoms with Gasteiger partial charge in [0.25, 0.3) is 5.91 Å². The van der Waals surface area contributed by atoms with Gasteiger partial charge in [-0.25, -0.2) is 0 Å². The number of nitrogens with one attached hydrogen (secondary N) is 1. The number of ether oxygens (including phenoxy) is 1. The van der Waals surface area contributed by atoms with Crippen LogP contribution in [-0.4, -0.2) is 24.5 Å². The molecule has 20 heavy (non-hydrogen) atoms. The maximum atomic E-state index is 11.9. The molecule has 0 fully saturated rings. The Kier molecular flexibility index (Phi) is 5.56. The van der Waals surface area contributed by atoms with Crippen molar-refractivity contribution in [1.29, 1.82) is 0 Å². The van der Waals surface area contributed by atoms with Gasteiger partial charge in [-0.05, 0) is 39.0 Å². The Morgan fingerprint density at radius 1 is 1.45 bits per heavy atom. The minimum Gasteiger partial charge on any atom is -0.481 e. The molecule has 0 aliphatic heterocycles. The third kappa shape index (κ3) is 4.85. The van der Waals surface area contributed by atoms with Crippen molar-refractivity contribution < 1.29 is 14.3 Å². The average Bonchev–Trinajstić information content (AvgIpc) is 2.35. The molecule has 0 aromatic heterocycles. The molecule has 1 rings (SSSR count). The Morgan fingerprint density at radius 2 is 2.10 bits per heavy atom. The number of hydrogen-bond acceptors (Lipinski definition) is 3. The van der Waals surface area contributed by atoms with E-state index in [9.17, 15) is 9.59 Å². The largest absolute Gasteiger partial charge is 0.481 e. The molecule has 3 N–H and O–H groups in total. The topological polar surface area (TPSA) is 81.4 Å². The molecule has 0 saturated heterocycles. The number of carbonyl (C=O) groups is 2. The van der Waals surface area contributed by atoms with Gasteiger partial charge in [-0.15, -0.1) is 0 Å². The monoisotopic (exact) mass is 342 g/mol. The first-order valence-electron chi connectivity index (χ1n) is 6.22. The zero-order valence-corrected chi connectivity index (χ0v) is 13.4. The molecule has 0 bridgehead atoms. The summed E-state index contributed by atoms with van der Waals surface area (Å²) in [6, 6.07) is 7.23. The van der Waals surface area contributed by atoms with Crippen LogP contribution < -0.4 is 15.8 Å². The number of carbonyl (C=O) groups excluding carboxylic acids is 2. The van der Waals surface area contributed by atoms with E-state index in [1.165, 1.54) is 0 Å². The fraction of sp³-hybridized carbons (Fsp3) is 0.429. The molecular formula is C14H19BrN2O3. The number of primary amides is 1. The van der Waals surface area contributed by atoms with Gasteiger partial charge in [0.15, 0.2) is 6.10 Å². The molecular weight excluding hydrogens is 324 g/mol. The number of rotatable bonds is 6. The van der Waals surface area contributed by atoms with Crippen molar-refractivity contribution >= 4 is 27.7 Å². The lowest BCUT2D eigenvalue weighted by atomic mass is 9.93. The van der Waals surface area contributed by atoms with Crippen LogP contribution in [0, 0.1) is 5.41 Å². The Hall–Kier alpha value is -1.56. The second-order valence-electron chi connectivity index (χ2n) is 5.18. The molecule has 1 aromatic rings. The third-order valence-electron chi connectivity index (χ3n) is 2.85. The van der Waals surface area contributed by atoms with Gasteiger partial charge >= 0.3 is 0 Å². The van der Waals surface area contributed by atoms with Crippen LogP contribution in [0.15, 0.2) is 28.7 Å². The molecule has 110 valence electrons. The Labute approximate surface area is 127 Å². The second kappa shape index (κ2) is 6.74. The van der Waals surface area contributed by atoms with Crippen molar-refractivity contribution in [1.82, 2.24) is 5.32 Å². The van der Waals surface area contributed by atoms with Crippen molar-refractivity contribution in [3.05, 3.63) is 28.7 Å². The number of amides is 2. The fourth-order valence-corrected chi connectivity index (χ4v) is 1.72. The van der Waals surface area contributed by atoms with Crippen LogP contribution in [0.25, 0.3) is 0 Å². The molecule has 1 aromatic carbocycles. The molecule has 0 aliphatic carbocycles. The van der Waals surface area contributed by atoms with E-state index in [1.54, 1.807) is 32.9 Å². The van der Waals surface area contributed by atoms with Crippen molar-refractivity contribution in [2.75, 3.05) is 6.54 Å². The van der Waals surface area contributed by atoms with Crippen LogP contribution in [0.4, 0.5) is 0 Å². The minimum absolute atomic E-state index is 0.174. The quantitative estimate of drug-likeness (QED) is 0.827. The zero-order chi connectivity index (χ0) is 15.3. The maximum Gasteiger partial charge on any atom is 0.260 e. The Balaban J connectivity index is 2.54. The maximum absolute atomic E-state index is 11.9. The molecule has 0 spiro atoms. The SMILES string of the molecule is CC(Oc1cccc(Br)c1)C(=O)NCC(C)(C)C(N)=O. The highest BCUT2D eigenvalue weighted by Crippen LogP contribution is 2.19. The summed E-state index contributed by atoms with van der Waals surface area (Å²) in [5.74, 6) is -0.158. The fourth-order valence-electron chi connectivity index (χ4n) is 1.34. The van der Waals surface area contributed by atoms with Crippen LogP contribution in [0.1, 0.15) is 20.8 Å². The summed E-state index contributed by atoms with van der Waals surface area (Å²) in [6.45, 7) is 5.17. The minimum atomic E-state index is -0.787. The van der Waals surface area contributed by atoms with E-state index in [-0.39, 0.29) is 12.5 Å². The van der Waals surface area contributed by atoms with Crippen LogP contribution >= 0.6 is 15.9 Å². The molecule has 1 atom stereocenters. The van der Waals surface area contributed by atoms with Crippen LogP contribution in [-0.2, 0) is 9.59 Å².